The number of imidazole rings is 1. The van der Waals surface area contributed by atoms with Gasteiger partial charge in [-0.3, -0.25) is 4.98 Å². The second kappa shape index (κ2) is 11.6. The number of carbonyl (C=O) groups is 2. The molecule has 0 saturated carbocycles. The molecule has 0 fully saturated rings. The normalized spacial score (nSPS) is 11.3. The molecule has 0 radical (unpaired) electrons. The van der Waals surface area contributed by atoms with E-state index in [1.165, 1.54) is 12.1 Å². The van der Waals surface area contributed by atoms with Crippen LogP contribution in [0.5, 0.6) is 5.75 Å². The van der Waals surface area contributed by atoms with E-state index in [4.69, 9.17) is 24.8 Å². The molecule has 41 heavy (non-hydrogen) atoms. The van der Waals surface area contributed by atoms with Crippen molar-refractivity contribution < 1.29 is 51.3 Å². The van der Waals surface area contributed by atoms with Crippen molar-refractivity contribution in [1.29, 1.82) is 5.26 Å². The smallest absolute Gasteiger partial charge is 0.490 e. The van der Waals surface area contributed by atoms with Crippen LogP contribution in [0, 0.1) is 11.3 Å². The molecule has 0 amide bonds. The molecule has 5 rings (SSSR count). The Balaban J connectivity index is 0.000000276. The fourth-order valence-corrected chi connectivity index (χ4v) is 3.25. The summed E-state index contributed by atoms with van der Waals surface area (Å²) in [5.41, 5.74) is 5.03. The standard InChI is InChI=1S/C20H12N6O.2C2HF3O2/c21-9-11-3-4-12(27)8-15(11)20-25-17-13-5-7-22-10-16(13)24-19-14(18(17)26-20)2-1-6-23-19;2*3-2(4,5)1(6)7/h1-8,10,27H,(H,23,24)(H,25,26);2*(H,6,7). The van der Waals surface area contributed by atoms with Crippen LogP contribution in [0.25, 0.3) is 33.9 Å². The van der Waals surface area contributed by atoms with E-state index in [2.05, 4.69) is 26.3 Å². The van der Waals surface area contributed by atoms with Gasteiger partial charge in [-0.2, -0.15) is 31.6 Å². The van der Waals surface area contributed by atoms with E-state index in [0.717, 1.165) is 28.2 Å². The van der Waals surface area contributed by atoms with E-state index in [1.807, 2.05) is 18.2 Å². The van der Waals surface area contributed by atoms with E-state index in [-0.39, 0.29) is 5.75 Å². The third-order valence-electron chi connectivity index (χ3n) is 4.97. The number of anilines is 2. The van der Waals surface area contributed by atoms with Gasteiger partial charge in [-0.1, -0.05) is 0 Å². The van der Waals surface area contributed by atoms with Crippen molar-refractivity contribution in [3.8, 4) is 45.7 Å². The third kappa shape index (κ3) is 7.06. The number of aliphatic carboxylic acids is 2. The Kier molecular flexibility index (Phi) is 8.46. The first-order chi connectivity index (χ1) is 19.1. The second-order valence-corrected chi connectivity index (χ2v) is 7.70. The third-order valence-corrected chi connectivity index (χ3v) is 4.97. The number of rotatable bonds is 1. The fraction of sp³-hybridized carbons (Fsp3) is 0.0833. The quantitative estimate of drug-likeness (QED) is 0.167. The Labute approximate surface area is 224 Å². The minimum atomic E-state index is -5.08. The van der Waals surface area contributed by atoms with Crippen molar-refractivity contribution in [2.45, 2.75) is 12.4 Å². The van der Waals surface area contributed by atoms with Gasteiger partial charge in [0.2, 0.25) is 0 Å². The predicted molar refractivity (Wildman–Crippen MR) is 128 cm³/mol. The minimum absolute atomic E-state index is 0.0731. The highest BCUT2D eigenvalue weighted by molar-refractivity contribution is 5.95. The van der Waals surface area contributed by atoms with E-state index in [9.17, 15) is 36.7 Å². The summed E-state index contributed by atoms with van der Waals surface area (Å²) < 4.78 is 63.5. The zero-order chi connectivity index (χ0) is 30.5. The van der Waals surface area contributed by atoms with E-state index < -0.39 is 24.3 Å². The Morgan fingerprint density at radius 1 is 0.902 bits per heavy atom. The number of nitrogens with one attached hydrogen (secondary N) is 2. The second-order valence-electron chi connectivity index (χ2n) is 7.70. The Bertz CT molecular complexity index is 1560. The van der Waals surface area contributed by atoms with Crippen molar-refractivity contribution in [2.75, 3.05) is 5.32 Å². The van der Waals surface area contributed by atoms with Gasteiger partial charge in [0.05, 0.1) is 29.2 Å². The van der Waals surface area contributed by atoms with Crippen molar-refractivity contribution in [2.24, 2.45) is 0 Å². The highest BCUT2D eigenvalue weighted by Gasteiger charge is 2.38. The molecule has 0 aliphatic carbocycles. The van der Waals surface area contributed by atoms with Crippen molar-refractivity contribution in [3.05, 3.63) is 60.6 Å². The monoisotopic (exact) mass is 580 g/mol. The first-order valence-electron chi connectivity index (χ1n) is 10.7. The number of benzene rings is 1. The number of phenols is 1. The summed E-state index contributed by atoms with van der Waals surface area (Å²) >= 11 is 0. The summed E-state index contributed by atoms with van der Waals surface area (Å²) in [5.74, 6) is -4.25. The Hall–Kier alpha value is -5.66. The van der Waals surface area contributed by atoms with Crippen LogP contribution in [-0.4, -0.2) is 59.5 Å². The summed E-state index contributed by atoms with van der Waals surface area (Å²) in [5, 5.41) is 36.9. The lowest BCUT2D eigenvalue weighted by Crippen LogP contribution is -2.21. The maximum absolute atomic E-state index is 10.6. The number of H-pyrrole nitrogens is 1. The molecule has 0 spiro atoms. The zero-order valence-electron chi connectivity index (χ0n) is 19.9. The van der Waals surface area contributed by atoms with Crippen molar-refractivity contribution >= 4 is 23.4 Å². The topological polar surface area (TPSA) is 185 Å². The number of hydrogen-bond donors (Lipinski definition) is 5. The van der Waals surface area contributed by atoms with E-state index in [1.54, 1.807) is 24.7 Å². The highest BCUT2D eigenvalue weighted by Crippen LogP contribution is 2.43. The summed E-state index contributed by atoms with van der Waals surface area (Å²) in [6, 6.07) is 12.4. The largest absolute Gasteiger partial charge is 0.508 e. The molecule has 5 N–H and O–H groups in total. The Morgan fingerprint density at radius 2 is 1.54 bits per heavy atom. The van der Waals surface area contributed by atoms with Gasteiger partial charge in [0.15, 0.2) is 0 Å². The summed E-state index contributed by atoms with van der Waals surface area (Å²) in [7, 11) is 0. The van der Waals surface area contributed by atoms with Crippen LogP contribution in [0.1, 0.15) is 5.56 Å². The number of carboxylic acids is 2. The molecule has 11 nitrogen and oxygen atoms in total. The molecule has 212 valence electrons. The van der Waals surface area contributed by atoms with Gasteiger partial charge in [-0.15, -0.1) is 0 Å². The number of phenolic OH excluding ortho intramolecular Hbond substituents is 1. The van der Waals surface area contributed by atoms with Crippen LogP contribution in [0.4, 0.5) is 37.8 Å². The van der Waals surface area contributed by atoms with Gasteiger partial charge in [0.25, 0.3) is 0 Å². The zero-order valence-corrected chi connectivity index (χ0v) is 19.9. The van der Waals surface area contributed by atoms with Gasteiger partial charge in [-0.05, 0) is 36.4 Å². The maximum atomic E-state index is 10.6. The summed E-state index contributed by atoms with van der Waals surface area (Å²) in [4.78, 5) is 34.5. The number of nitriles is 1. The lowest BCUT2D eigenvalue weighted by Gasteiger charge is -2.08. The highest BCUT2D eigenvalue weighted by atomic mass is 19.4. The van der Waals surface area contributed by atoms with Gasteiger partial charge in [0, 0.05) is 29.1 Å². The lowest BCUT2D eigenvalue weighted by molar-refractivity contribution is -0.193. The Morgan fingerprint density at radius 3 is 2.12 bits per heavy atom. The van der Waals surface area contributed by atoms with Gasteiger partial charge in [-0.25, -0.2) is 19.6 Å². The van der Waals surface area contributed by atoms with Crippen LogP contribution >= 0.6 is 0 Å². The maximum Gasteiger partial charge on any atom is 0.490 e. The molecule has 17 heteroatoms. The van der Waals surface area contributed by atoms with E-state index in [0.29, 0.717) is 22.8 Å². The van der Waals surface area contributed by atoms with E-state index >= 15 is 0 Å². The van der Waals surface area contributed by atoms with Crippen LogP contribution in [0.15, 0.2) is 55.0 Å². The fourth-order valence-electron chi connectivity index (χ4n) is 3.25. The van der Waals surface area contributed by atoms with Crippen LogP contribution in [-0.2, 0) is 9.59 Å². The van der Waals surface area contributed by atoms with Crippen molar-refractivity contribution in [1.82, 2.24) is 19.9 Å². The number of pyridine rings is 2. The molecular weight excluding hydrogens is 566 g/mol. The molecule has 1 aliphatic heterocycles. The number of alkyl halides is 6. The van der Waals surface area contributed by atoms with Crippen LogP contribution < -0.4 is 5.32 Å². The first-order valence-corrected chi connectivity index (χ1v) is 10.7. The number of aromatic hydroxyl groups is 1. The molecule has 4 heterocycles. The average molecular weight is 580 g/mol. The molecule has 3 aromatic heterocycles. The molecule has 0 bridgehead atoms. The van der Waals surface area contributed by atoms with Crippen LogP contribution in [0.2, 0.25) is 0 Å². The number of carboxylic acid groups (broad SMARTS) is 2. The predicted octanol–water partition coefficient (Wildman–Crippen LogP) is 5.10. The number of nitrogens with zero attached hydrogens (tertiary/aromatic N) is 4. The molecule has 0 saturated heterocycles. The van der Waals surface area contributed by atoms with Gasteiger partial charge in [0.1, 0.15) is 23.1 Å². The molecule has 0 atom stereocenters. The minimum Gasteiger partial charge on any atom is -0.508 e. The number of aromatic nitrogens is 4. The molecule has 1 aliphatic rings. The number of halogens is 6. The molecule has 1 aromatic carbocycles. The SMILES string of the molecule is N#Cc1ccc(O)cc1-c1nc2c([nH]1)-c1ccncc1Nc1ncccc1-2.O=C(O)C(F)(F)F.O=C(O)C(F)(F)F. The van der Waals surface area contributed by atoms with Gasteiger partial charge < -0.3 is 25.6 Å². The molecule has 4 aromatic rings. The molecular formula is C24H14F6N6O5. The first kappa shape index (κ1) is 29.9. The summed E-state index contributed by atoms with van der Waals surface area (Å²) in [6.07, 6.45) is -5.01. The number of fused-ring (bicyclic) bond motifs is 5. The number of aromatic amines is 1. The molecule has 0 unspecified atom stereocenters. The van der Waals surface area contributed by atoms with Crippen LogP contribution in [0.3, 0.4) is 0 Å². The van der Waals surface area contributed by atoms with Crippen molar-refractivity contribution in [3.63, 3.8) is 0 Å². The average Bonchev–Trinajstić information content (AvgIpc) is 3.29. The lowest BCUT2D eigenvalue weighted by atomic mass is 10.1. The number of hydrogen-bond acceptors (Lipinski definition) is 8. The van der Waals surface area contributed by atoms with Gasteiger partial charge >= 0.3 is 24.3 Å². The summed E-state index contributed by atoms with van der Waals surface area (Å²) in [6.45, 7) is 0.